The average molecular weight is 285 g/mol. The highest BCUT2D eigenvalue weighted by atomic mass is 16.5. The Morgan fingerprint density at radius 3 is 2.86 bits per heavy atom. The monoisotopic (exact) mass is 285 g/mol. The Labute approximate surface area is 118 Å². The average Bonchev–Trinajstić information content (AvgIpc) is 2.79. The Morgan fingerprint density at radius 1 is 1.38 bits per heavy atom. The molecule has 0 atom stereocenters. The van der Waals surface area contributed by atoms with Gasteiger partial charge in [-0.15, -0.1) is 4.57 Å². The van der Waals surface area contributed by atoms with Crippen LogP contribution in [0.15, 0.2) is 44.9 Å². The summed E-state index contributed by atoms with van der Waals surface area (Å²) in [5.74, 6) is -0.222. The number of allylic oxidation sites excluding steroid dienone is 4. The first-order valence-electron chi connectivity index (χ1n) is 6.09. The fourth-order valence-electron chi connectivity index (χ4n) is 2.02. The lowest BCUT2D eigenvalue weighted by molar-refractivity contribution is -0.113. The van der Waals surface area contributed by atoms with Gasteiger partial charge in [-0.1, -0.05) is 6.08 Å². The van der Waals surface area contributed by atoms with E-state index < -0.39 is 17.1 Å². The van der Waals surface area contributed by atoms with Crippen molar-refractivity contribution in [2.24, 2.45) is 0 Å². The summed E-state index contributed by atoms with van der Waals surface area (Å²) in [5.41, 5.74) is 6.32. The topological polar surface area (TPSA) is 111 Å². The molecule has 0 spiro atoms. The predicted molar refractivity (Wildman–Crippen MR) is 75.7 cm³/mol. The standard InChI is InChI=1S/C14H11N3O4/c1-7-4-12-16-14(20)9(13(15)17(12)21-7)5-8-2-3-10(18)11(19)6-8/h2-6,19H,15H2,1H3/b8-5-. The highest BCUT2D eigenvalue weighted by Gasteiger charge is 2.14. The van der Waals surface area contributed by atoms with Crippen molar-refractivity contribution in [3.63, 3.8) is 0 Å². The molecule has 0 saturated carbocycles. The Bertz CT molecular complexity index is 912. The highest BCUT2D eigenvalue weighted by Crippen LogP contribution is 2.18. The van der Waals surface area contributed by atoms with Crippen LogP contribution >= 0.6 is 0 Å². The number of carbonyl (C=O) groups excluding carboxylic acids is 1. The first kappa shape index (κ1) is 12.9. The zero-order valence-electron chi connectivity index (χ0n) is 11.0. The molecule has 0 unspecified atom stereocenters. The lowest BCUT2D eigenvalue weighted by Crippen LogP contribution is -2.16. The summed E-state index contributed by atoms with van der Waals surface area (Å²) in [4.78, 5) is 27.0. The largest absolute Gasteiger partial charge is 0.504 e. The smallest absolute Gasteiger partial charge is 0.282 e. The van der Waals surface area contributed by atoms with Gasteiger partial charge in [0.2, 0.25) is 5.78 Å². The third kappa shape index (κ3) is 2.14. The number of nitrogen functional groups attached to an aromatic ring is 1. The van der Waals surface area contributed by atoms with Gasteiger partial charge in [-0.2, -0.15) is 4.98 Å². The molecule has 3 N–H and O–H groups in total. The lowest BCUT2D eigenvalue weighted by atomic mass is 10.1. The van der Waals surface area contributed by atoms with E-state index in [4.69, 9.17) is 10.3 Å². The molecule has 7 heteroatoms. The molecule has 1 aliphatic rings. The van der Waals surface area contributed by atoms with Crippen LogP contribution in [0.25, 0.3) is 11.7 Å². The van der Waals surface area contributed by atoms with Crippen LogP contribution in [0.3, 0.4) is 0 Å². The van der Waals surface area contributed by atoms with Gasteiger partial charge in [0.25, 0.3) is 5.56 Å². The number of fused-ring (bicyclic) bond motifs is 1. The van der Waals surface area contributed by atoms with Crippen molar-refractivity contribution >= 4 is 23.3 Å². The van der Waals surface area contributed by atoms with Crippen molar-refractivity contribution in [3.05, 3.63) is 57.3 Å². The molecular weight excluding hydrogens is 274 g/mol. The van der Waals surface area contributed by atoms with E-state index in [0.29, 0.717) is 17.0 Å². The van der Waals surface area contributed by atoms with Gasteiger partial charge >= 0.3 is 0 Å². The maximum Gasteiger partial charge on any atom is 0.282 e. The molecule has 0 radical (unpaired) electrons. The number of aliphatic hydroxyl groups excluding tert-OH is 1. The molecule has 0 saturated heterocycles. The molecule has 3 rings (SSSR count). The number of hydrogen-bond donors (Lipinski definition) is 2. The predicted octanol–water partition coefficient (Wildman–Crippen LogP) is 1.14. The number of ketones is 1. The fraction of sp³-hybridized carbons (Fsp3) is 0.0714. The van der Waals surface area contributed by atoms with E-state index in [-0.39, 0.29) is 11.4 Å². The quantitative estimate of drug-likeness (QED) is 0.812. The first-order chi connectivity index (χ1) is 9.95. The van der Waals surface area contributed by atoms with E-state index >= 15 is 0 Å². The van der Waals surface area contributed by atoms with Gasteiger partial charge in [-0.25, -0.2) is 0 Å². The summed E-state index contributed by atoms with van der Waals surface area (Å²) < 4.78 is 6.60. The van der Waals surface area contributed by atoms with Crippen LogP contribution in [-0.4, -0.2) is 20.4 Å². The fourth-order valence-corrected chi connectivity index (χ4v) is 2.02. The number of aryl methyl sites for hydroxylation is 1. The molecule has 0 aliphatic heterocycles. The van der Waals surface area contributed by atoms with Gasteiger partial charge in [0.1, 0.15) is 5.76 Å². The van der Waals surface area contributed by atoms with Crippen LogP contribution in [0.5, 0.6) is 0 Å². The van der Waals surface area contributed by atoms with Gasteiger partial charge in [0, 0.05) is 6.07 Å². The normalized spacial score (nSPS) is 16.7. The number of rotatable bonds is 1. The number of anilines is 1. The Balaban J connectivity index is 2.20. The minimum absolute atomic E-state index is 0.101. The van der Waals surface area contributed by atoms with Gasteiger partial charge in [-0.05, 0) is 30.7 Å². The van der Waals surface area contributed by atoms with Gasteiger partial charge < -0.3 is 15.4 Å². The number of nitrogens with zero attached hydrogens (tertiary/aromatic N) is 2. The summed E-state index contributed by atoms with van der Waals surface area (Å²) in [6, 6.07) is 1.60. The number of nitrogens with two attached hydrogens (primary N) is 1. The van der Waals surface area contributed by atoms with Gasteiger partial charge in [0.15, 0.2) is 17.2 Å². The van der Waals surface area contributed by atoms with Crippen LogP contribution in [0.4, 0.5) is 5.82 Å². The maximum atomic E-state index is 12.0. The van der Waals surface area contributed by atoms with E-state index in [1.54, 1.807) is 13.0 Å². The zero-order valence-corrected chi connectivity index (χ0v) is 11.0. The number of carbonyl (C=O) groups is 1. The molecule has 0 fully saturated rings. The molecule has 106 valence electrons. The van der Waals surface area contributed by atoms with E-state index in [1.807, 2.05) is 0 Å². The van der Waals surface area contributed by atoms with Crippen molar-refractivity contribution < 1.29 is 14.4 Å². The minimum atomic E-state index is -0.515. The zero-order chi connectivity index (χ0) is 15.1. The highest BCUT2D eigenvalue weighted by molar-refractivity contribution is 6.04. The third-order valence-corrected chi connectivity index (χ3v) is 3.01. The second kappa shape index (κ2) is 4.48. The van der Waals surface area contributed by atoms with Crippen LogP contribution in [0, 0.1) is 6.92 Å². The Kier molecular flexibility index (Phi) is 2.76. The molecule has 7 nitrogen and oxygen atoms in total. The number of aromatic nitrogens is 2. The van der Waals surface area contributed by atoms with Crippen molar-refractivity contribution in [1.29, 1.82) is 0 Å². The van der Waals surface area contributed by atoms with E-state index in [1.165, 1.54) is 28.9 Å². The molecule has 2 heterocycles. The van der Waals surface area contributed by atoms with Crippen molar-refractivity contribution in [3.8, 4) is 0 Å². The van der Waals surface area contributed by atoms with Crippen LogP contribution < -0.4 is 11.3 Å². The second-order valence-electron chi connectivity index (χ2n) is 4.59. The van der Waals surface area contributed by atoms with E-state index in [0.717, 1.165) is 0 Å². The van der Waals surface area contributed by atoms with Crippen molar-refractivity contribution in [2.75, 3.05) is 5.73 Å². The molecular formula is C14H11N3O4. The van der Waals surface area contributed by atoms with Crippen LogP contribution in [0.2, 0.25) is 0 Å². The van der Waals surface area contributed by atoms with E-state index in [9.17, 15) is 14.7 Å². The molecule has 0 bridgehead atoms. The molecule has 2 aromatic rings. The SMILES string of the molecule is Cc1cc2nc(=O)c(/C=C3/C=CC(=O)C(O)=C3)c(N)n2o1. The Morgan fingerprint density at radius 2 is 2.14 bits per heavy atom. The van der Waals surface area contributed by atoms with Crippen LogP contribution in [-0.2, 0) is 4.79 Å². The second-order valence-corrected chi connectivity index (χ2v) is 4.59. The minimum Gasteiger partial charge on any atom is -0.504 e. The maximum absolute atomic E-state index is 12.0. The van der Waals surface area contributed by atoms with Crippen molar-refractivity contribution in [1.82, 2.24) is 9.56 Å². The molecule has 1 aliphatic carbocycles. The summed E-state index contributed by atoms with van der Waals surface area (Å²) in [6.07, 6.45) is 5.37. The summed E-state index contributed by atoms with van der Waals surface area (Å²) in [6.45, 7) is 1.72. The van der Waals surface area contributed by atoms with Gasteiger partial charge in [-0.3, -0.25) is 9.59 Å². The summed E-state index contributed by atoms with van der Waals surface area (Å²) in [5, 5.41) is 9.41. The molecule has 21 heavy (non-hydrogen) atoms. The first-order valence-corrected chi connectivity index (χ1v) is 6.09. The number of hydrogen-bond acceptors (Lipinski definition) is 6. The molecule has 0 aromatic carbocycles. The van der Waals surface area contributed by atoms with E-state index in [2.05, 4.69) is 4.98 Å². The molecule has 0 amide bonds. The van der Waals surface area contributed by atoms with Crippen molar-refractivity contribution in [2.45, 2.75) is 6.92 Å². The molecule has 2 aromatic heterocycles. The van der Waals surface area contributed by atoms with Crippen LogP contribution in [0.1, 0.15) is 11.3 Å². The Hall–Kier alpha value is -3.09. The summed E-state index contributed by atoms with van der Waals surface area (Å²) in [7, 11) is 0. The van der Waals surface area contributed by atoms with Gasteiger partial charge in [0.05, 0.1) is 5.56 Å². The summed E-state index contributed by atoms with van der Waals surface area (Å²) >= 11 is 0. The lowest BCUT2D eigenvalue weighted by Gasteiger charge is -2.05. The third-order valence-electron chi connectivity index (χ3n) is 3.01. The number of aliphatic hydroxyl groups is 1.